The van der Waals surface area contributed by atoms with Gasteiger partial charge in [-0.15, -0.1) is 0 Å². The second-order valence-corrected chi connectivity index (χ2v) is 9.24. The van der Waals surface area contributed by atoms with E-state index in [0.29, 0.717) is 11.3 Å². The van der Waals surface area contributed by atoms with Crippen molar-refractivity contribution in [2.24, 2.45) is 0 Å². The summed E-state index contributed by atoms with van der Waals surface area (Å²) in [5, 5.41) is 2.66. The number of benzene rings is 3. The molecule has 0 saturated carbocycles. The Morgan fingerprint density at radius 1 is 0.941 bits per heavy atom. The van der Waals surface area contributed by atoms with Crippen LogP contribution in [0, 0.1) is 6.92 Å². The highest BCUT2D eigenvalue weighted by atomic mass is 32.2. The molecule has 0 aromatic heterocycles. The molecule has 0 unspecified atom stereocenters. The lowest BCUT2D eigenvalue weighted by Gasteiger charge is -2.20. The molecule has 1 amide bonds. The van der Waals surface area contributed by atoms with E-state index in [1.165, 1.54) is 32.4 Å². The van der Waals surface area contributed by atoms with Crippen LogP contribution < -0.4 is 14.8 Å². The molecule has 0 aliphatic carbocycles. The SMILES string of the molecule is COC(=O)c1ccccc1NC(=O)[C@@H](Cc1ccccc1)NS(=O)(=O)c1ccc(OC)c(C)c1. The number of para-hydroxylation sites is 1. The van der Waals surface area contributed by atoms with Gasteiger partial charge in [-0.25, -0.2) is 13.2 Å². The van der Waals surface area contributed by atoms with Gasteiger partial charge in [-0.05, 0) is 54.8 Å². The number of carbonyl (C=O) groups is 2. The third kappa shape index (κ3) is 6.00. The first kappa shape index (κ1) is 24.9. The fourth-order valence-corrected chi connectivity index (χ4v) is 4.69. The Kier molecular flexibility index (Phi) is 8.04. The lowest BCUT2D eigenvalue weighted by molar-refractivity contribution is -0.117. The molecule has 1 atom stereocenters. The second-order valence-electron chi connectivity index (χ2n) is 7.52. The second kappa shape index (κ2) is 11.0. The van der Waals surface area contributed by atoms with Crippen LogP contribution in [-0.2, 0) is 26.0 Å². The number of ether oxygens (including phenoxy) is 2. The summed E-state index contributed by atoms with van der Waals surface area (Å²) >= 11 is 0. The number of carbonyl (C=O) groups excluding carboxylic acids is 2. The molecule has 3 aromatic rings. The largest absolute Gasteiger partial charge is 0.496 e. The quantitative estimate of drug-likeness (QED) is 0.453. The van der Waals surface area contributed by atoms with Crippen molar-refractivity contribution in [2.45, 2.75) is 24.3 Å². The number of methoxy groups -OCH3 is 2. The molecule has 34 heavy (non-hydrogen) atoms. The highest BCUT2D eigenvalue weighted by molar-refractivity contribution is 7.89. The van der Waals surface area contributed by atoms with Crippen molar-refractivity contribution in [1.29, 1.82) is 0 Å². The van der Waals surface area contributed by atoms with E-state index in [4.69, 9.17) is 9.47 Å². The van der Waals surface area contributed by atoms with Gasteiger partial charge in [-0.3, -0.25) is 4.79 Å². The van der Waals surface area contributed by atoms with Crippen LogP contribution in [0.1, 0.15) is 21.5 Å². The minimum atomic E-state index is -4.05. The van der Waals surface area contributed by atoms with Crippen LogP contribution >= 0.6 is 0 Å². The van der Waals surface area contributed by atoms with Crippen LogP contribution in [0.4, 0.5) is 5.69 Å². The normalized spacial score (nSPS) is 12.0. The van der Waals surface area contributed by atoms with Crippen molar-refractivity contribution in [3.63, 3.8) is 0 Å². The standard InChI is InChI=1S/C25H26N2O6S/c1-17-15-19(13-14-23(17)32-2)34(30,31)27-22(16-18-9-5-4-6-10-18)24(28)26-21-12-8-7-11-20(21)25(29)33-3/h4-15,22,27H,16H2,1-3H3,(H,26,28)/t22-/m1/s1. The molecule has 2 N–H and O–H groups in total. The minimum Gasteiger partial charge on any atom is -0.496 e. The molecule has 0 aliphatic heterocycles. The number of rotatable bonds is 9. The number of amides is 1. The number of sulfonamides is 1. The summed E-state index contributed by atoms with van der Waals surface area (Å²) in [5.41, 5.74) is 1.78. The number of esters is 1. The Balaban J connectivity index is 1.92. The first-order valence-corrected chi connectivity index (χ1v) is 11.9. The number of hydrogen-bond acceptors (Lipinski definition) is 6. The van der Waals surface area contributed by atoms with Gasteiger partial charge in [-0.2, -0.15) is 4.72 Å². The summed E-state index contributed by atoms with van der Waals surface area (Å²) in [5.74, 6) is -0.684. The maximum absolute atomic E-state index is 13.2. The molecule has 0 fully saturated rings. The van der Waals surface area contributed by atoms with E-state index >= 15 is 0 Å². The van der Waals surface area contributed by atoms with E-state index in [2.05, 4.69) is 10.0 Å². The van der Waals surface area contributed by atoms with E-state index < -0.39 is 27.9 Å². The molecule has 0 spiro atoms. The number of anilines is 1. The molecule has 9 heteroatoms. The average Bonchev–Trinajstić information content (AvgIpc) is 2.84. The van der Waals surface area contributed by atoms with E-state index in [0.717, 1.165) is 5.56 Å². The minimum absolute atomic E-state index is 0.00613. The average molecular weight is 483 g/mol. The lowest BCUT2D eigenvalue weighted by Crippen LogP contribution is -2.45. The Morgan fingerprint density at radius 3 is 2.26 bits per heavy atom. The van der Waals surface area contributed by atoms with Crippen molar-refractivity contribution in [2.75, 3.05) is 19.5 Å². The molecule has 0 aliphatic rings. The van der Waals surface area contributed by atoms with Crippen molar-refractivity contribution >= 4 is 27.6 Å². The van der Waals surface area contributed by atoms with Gasteiger partial charge >= 0.3 is 5.97 Å². The monoisotopic (exact) mass is 482 g/mol. The van der Waals surface area contributed by atoms with E-state index in [1.54, 1.807) is 55.5 Å². The van der Waals surface area contributed by atoms with Crippen LogP contribution in [0.5, 0.6) is 5.75 Å². The fraction of sp³-hybridized carbons (Fsp3) is 0.200. The van der Waals surface area contributed by atoms with E-state index in [9.17, 15) is 18.0 Å². The number of nitrogens with one attached hydrogen (secondary N) is 2. The van der Waals surface area contributed by atoms with E-state index in [-0.39, 0.29) is 22.6 Å². The predicted molar refractivity (Wildman–Crippen MR) is 128 cm³/mol. The molecule has 0 bridgehead atoms. The van der Waals surface area contributed by atoms with Crippen molar-refractivity contribution in [1.82, 2.24) is 4.72 Å². The lowest BCUT2D eigenvalue weighted by atomic mass is 10.1. The summed E-state index contributed by atoms with van der Waals surface area (Å²) in [6, 6.07) is 18.7. The molecule has 178 valence electrons. The maximum atomic E-state index is 13.2. The summed E-state index contributed by atoms with van der Waals surface area (Å²) < 4.78 is 38.8. The van der Waals surface area contributed by atoms with Gasteiger partial charge in [0, 0.05) is 0 Å². The molecule has 0 heterocycles. The molecule has 0 radical (unpaired) electrons. The summed E-state index contributed by atoms with van der Waals surface area (Å²) in [4.78, 5) is 25.3. The van der Waals surface area contributed by atoms with Crippen LogP contribution in [0.2, 0.25) is 0 Å². The van der Waals surface area contributed by atoms with Gasteiger partial charge in [0.25, 0.3) is 0 Å². The van der Waals surface area contributed by atoms with Gasteiger partial charge < -0.3 is 14.8 Å². The van der Waals surface area contributed by atoms with Crippen LogP contribution in [0.25, 0.3) is 0 Å². The summed E-state index contributed by atoms with van der Waals surface area (Å²) in [6.07, 6.45) is 0.0986. The van der Waals surface area contributed by atoms with Crippen molar-refractivity contribution in [3.8, 4) is 5.75 Å². The predicted octanol–water partition coefficient (Wildman–Crippen LogP) is 3.32. The molecular formula is C25H26N2O6S. The third-order valence-corrected chi connectivity index (χ3v) is 6.63. The van der Waals surface area contributed by atoms with Gasteiger partial charge in [0.15, 0.2) is 0 Å². The van der Waals surface area contributed by atoms with Gasteiger partial charge in [0.1, 0.15) is 11.8 Å². The molecular weight excluding hydrogens is 456 g/mol. The Bertz CT molecular complexity index is 1280. The van der Waals surface area contributed by atoms with Crippen molar-refractivity contribution in [3.05, 3.63) is 89.5 Å². The Hall–Kier alpha value is -3.69. The number of hydrogen-bond donors (Lipinski definition) is 2. The molecule has 3 aromatic carbocycles. The highest BCUT2D eigenvalue weighted by Gasteiger charge is 2.27. The van der Waals surface area contributed by atoms with Gasteiger partial charge in [0.05, 0.1) is 30.4 Å². The van der Waals surface area contributed by atoms with Crippen LogP contribution in [-0.4, -0.2) is 40.6 Å². The third-order valence-electron chi connectivity index (χ3n) is 5.16. The van der Waals surface area contributed by atoms with Gasteiger partial charge in [0.2, 0.25) is 15.9 Å². The Morgan fingerprint density at radius 2 is 1.62 bits per heavy atom. The topological polar surface area (TPSA) is 111 Å². The van der Waals surface area contributed by atoms with Crippen LogP contribution in [0.3, 0.4) is 0 Å². The molecule has 3 rings (SSSR count). The molecule has 0 saturated heterocycles. The van der Waals surface area contributed by atoms with Crippen LogP contribution in [0.15, 0.2) is 77.7 Å². The summed E-state index contributed by atoms with van der Waals surface area (Å²) in [7, 11) is -1.31. The first-order chi connectivity index (χ1) is 16.2. The summed E-state index contributed by atoms with van der Waals surface area (Å²) in [6.45, 7) is 1.73. The van der Waals surface area contributed by atoms with Crippen molar-refractivity contribution < 1.29 is 27.5 Å². The maximum Gasteiger partial charge on any atom is 0.339 e. The van der Waals surface area contributed by atoms with E-state index in [1.807, 2.05) is 6.07 Å². The molecule has 8 nitrogen and oxygen atoms in total. The zero-order valence-electron chi connectivity index (χ0n) is 19.1. The van der Waals surface area contributed by atoms with Gasteiger partial charge in [-0.1, -0.05) is 42.5 Å². The highest BCUT2D eigenvalue weighted by Crippen LogP contribution is 2.22. The first-order valence-electron chi connectivity index (χ1n) is 10.4. The zero-order chi connectivity index (χ0) is 24.7. The Labute approximate surface area is 199 Å². The smallest absolute Gasteiger partial charge is 0.339 e. The number of aryl methyl sites for hydroxylation is 1. The fourth-order valence-electron chi connectivity index (χ4n) is 3.41. The zero-order valence-corrected chi connectivity index (χ0v) is 19.9.